The molecule has 0 saturated carbocycles. The summed E-state index contributed by atoms with van der Waals surface area (Å²) in [6.07, 6.45) is -3.13. The van der Waals surface area contributed by atoms with E-state index >= 15 is 0 Å². The maximum Gasteiger partial charge on any atom is 0.416 e. The van der Waals surface area contributed by atoms with E-state index in [0.29, 0.717) is 49.3 Å². The van der Waals surface area contributed by atoms with E-state index in [9.17, 15) is 27.5 Å². The summed E-state index contributed by atoms with van der Waals surface area (Å²) in [5, 5.41) is 9.32. The predicted octanol–water partition coefficient (Wildman–Crippen LogP) is 4.88. The minimum atomic E-state index is -4.37. The van der Waals surface area contributed by atoms with Gasteiger partial charge in [0, 0.05) is 25.9 Å². The van der Waals surface area contributed by atoms with Gasteiger partial charge in [-0.05, 0) is 60.7 Å². The van der Waals surface area contributed by atoms with Gasteiger partial charge in [0.15, 0.2) is 0 Å². The summed E-state index contributed by atoms with van der Waals surface area (Å²) in [5.74, 6) is -0.594. The Morgan fingerprint density at radius 1 is 1.16 bits per heavy atom. The number of benzene rings is 2. The number of rotatable bonds is 6. The Morgan fingerprint density at radius 3 is 2.59 bits per heavy atom. The first-order chi connectivity index (χ1) is 15.2. The highest BCUT2D eigenvalue weighted by atomic mass is 19.4. The van der Waals surface area contributed by atoms with E-state index in [1.165, 1.54) is 24.3 Å². The first kappa shape index (κ1) is 22.3. The van der Waals surface area contributed by atoms with Crippen molar-refractivity contribution in [1.29, 1.82) is 0 Å². The van der Waals surface area contributed by atoms with E-state index in [2.05, 4.69) is 14.9 Å². The molecule has 0 radical (unpaired) electrons. The predicted molar refractivity (Wildman–Crippen MR) is 110 cm³/mol. The van der Waals surface area contributed by atoms with Crippen molar-refractivity contribution in [2.75, 3.05) is 13.1 Å². The standard InChI is InChI=1S/C23H23F4N3O2/c24-18-5-6-19-20(11-18)29-21(28-19)9-16-13-30(8-7-15(16)10-22(31)32)12-14-1-3-17(4-2-14)23(25,26)27/h1-6,11,15-16H,7-10,12-13H2,(H,28,29)(H,31,32). The van der Waals surface area contributed by atoms with Gasteiger partial charge in [-0.3, -0.25) is 9.69 Å². The van der Waals surface area contributed by atoms with Crippen molar-refractivity contribution < 1.29 is 27.5 Å². The van der Waals surface area contributed by atoms with Gasteiger partial charge in [-0.25, -0.2) is 9.37 Å². The third-order valence-electron chi connectivity index (χ3n) is 6.05. The molecule has 0 bridgehead atoms. The van der Waals surface area contributed by atoms with Crippen LogP contribution >= 0.6 is 0 Å². The maximum atomic E-state index is 13.5. The summed E-state index contributed by atoms with van der Waals surface area (Å²) in [4.78, 5) is 21.1. The monoisotopic (exact) mass is 449 g/mol. The van der Waals surface area contributed by atoms with E-state index in [1.54, 1.807) is 6.07 Å². The summed E-state index contributed by atoms with van der Waals surface area (Å²) < 4.78 is 51.9. The van der Waals surface area contributed by atoms with Crippen LogP contribution in [0.3, 0.4) is 0 Å². The van der Waals surface area contributed by atoms with Gasteiger partial charge in [0.1, 0.15) is 11.6 Å². The zero-order valence-corrected chi connectivity index (χ0v) is 17.2. The molecule has 9 heteroatoms. The second-order valence-corrected chi connectivity index (χ2v) is 8.39. The molecule has 4 rings (SSSR count). The number of fused-ring (bicyclic) bond motifs is 1. The minimum absolute atomic E-state index is 0.000271. The number of nitrogens with one attached hydrogen (secondary N) is 1. The van der Waals surface area contributed by atoms with Gasteiger partial charge >= 0.3 is 12.1 Å². The van der Waals surface area contributed by atoms with Gasteiger partial charge in [0.2, 0.25) is 0 Å². The third kappa shape index (κ3) is 5.27. The van der Waals surface area contributed by atoms with Crippen molar-refractivity contribution in [2.24, 2.45) is 11.8 Å². The normalized spacial score (nSPS) is 20.0. The largest absolute Gasteiger partial charge is 0.481 e. The number of carboxylic acid groups (broad SMARTS) is 1. The molecule has 1 fully saturated rings. The SMILES string of the molecule is O=C(O)CC1CCN(Cc2ccc(C(F)(F)F)cc2)CC1Cc1nc2ccc(F)cc2[nH]1. The van der Waals surface area contributed by atoms with Crippen LogP contribution in [0.4, 0.5) is 17.6 Å². The van der Waals surface area contributed by atoms with Gasteiger partial charge < -0.3 is 10.1 Å². The molecule has 1 aliphatic rings. The molecule has 1 aliphatic heterocycles. The quantitative estimate of drug-likeness (QED) is 0.527. The van der Waals surface area contributed by atoms with Gasteiger partial charge in [0.05, 0.1) is 16.6 Å². The molecular weight excluding hydrogens is 426 g/mol. The van der Waals surface area contributed by atoms with Crippen LogP contribution < -0.4 is 0 Å². The highest BCUT2D eigenvalue weighted by Crippen LogP contribution is 2.32. The zero-order valence-electron chi connectivity index (χ0n) is 17.2. The molecule has 1 aromatic heterocycles. The lowest BCUT2D eigenvalue weighted by Crippen LogP contribution is -2.41. The van der Waals surface area contributed by atoms with E-state index in [1.807, 2.05) is 0 Å². The van der Waals surface area contributed by atoms with Crippen LogP contribution in [0, 0.1) is 17.7 Å². The Kier molecular flexibility index (Phi) is 6.19. The second kappa shape index (κ2) is 8.90. The molecule has 2 unspecified atom stereocenters. The van der Waals surface area contributed by atoms with Crippen LogP contribution in [0.2, 0.25) is 0 Å². The van der Waals surface area contributed by atoms with Crippen molar-refractivity contribution in [3.8, 4) is 0 Å². The van der Waals surface area contributed by atoms with Crippen LogP contribution in [0.15, 0.2) is 42.5 Å². The molecule has 170 valence electrons. The Morgan fingerprint density at radius 2 is 1.91 bits per heavy atom. The fourth-order valence-electron chi connectivity index (χ4n) is 4.46. The molecule has 2 atom stereocenters. The van der Waals surface area contributed by atoms with E-state index in [0.717, 1.165) is 17.7 Å². The lowest BCUT2D eigenvalue weighted by molar-refractivity contribution is -0.139. The topological polar surface area (TPSA) is 69.2 Å². The highest BCUT2D eigenvalue weighted by Gasteiger charge is 2.32. The summed E-state index contributed by atoms with van der Waals surface area (Å²) in [6, 6.07) is 9.43. The Hall–Kier alpha value is -2.94. The number of hydrogen-bond acceptors (Lipinski definition) is 3. The number of imidazole rings is 1. The summed E-state index contributed by atoms with van der Waals surface area (Å²) >= 11 is 0. The summed E-state index contributed by atoms with van der Waals surface area (Å²) in [7, 11) is 0. The number of aliphatic carboxylic acids is 1. The average molecular weight is 449 g/mol. The fourth-order valence-corrected chi connectivity index (χ4v) is 4.46. The maximum absolute atomic E-state index is 13.5. The number of aromatic amines is 1. The summed E-state index contributed by atoms with van der Waals surface area (Å²) in [6.45, 7) is 1.75. The van der Waals surface area contributed by atoms with Crippen LogP contribution in [0.5, 0.6) is 0 Å². The van der Waals surface area contributed by atoms with E-state index in [4.69, 9.17) is 0 Å². The molecule has 1 saturated heterocycles. The average Bonchev–Trinajstić information content (AvgIpc) is 3.10. The smallest absolute Gasteiger partial charge is 0.416 e. The van der Waals surface area contributed by atoms with Crippen LogP contribution in [-0.2, 0) is 23.9 Å². The third-order valence-corrected chi connectivity index (χ3v) is 6.05. The van der Waals surface area contributed by atoms with Crippen molar-refractivity contribution in [1.82, 2.24) is 14.9 Å². The van der Waals surface area contributed by atoms with E-state index < -0.39 is 17.7 Å². The second-order valence-electron chi connectivity index (χ2n) is 8.39. The molecule has 0 aliphatic carbocycles. The van der Waals surface area contributed by atoms with E-state index in [-0.39, 0.29) is 24.1 Å². The molecule has 2 aromatic carbocycles. The van der Waals surface area contributed by atoms with Crippen LogP contribution in [-0.4, -0.2) is 39.0 Å². The lowest BCUT2D eigenvalue weighted by atomic mass is 9.81. The number of H-pyrrole nitrogens is 1. The van der Waals surface area contributed by atoms with Gasteiger partial charge in [-0.2, -0.15) is 13.2 Å². The molecule has 0 spiro atoms. The van der Waals surface area contributed by atoms with Crippen molar-refractivity contribution in [3.63, 3.8) is 0 Å². The summed E-state index contributed by atoms with van der Waals surface area (Å²) in [5.41, 5.74) is 1.33. The minimum Gasteiger partial charge on any atom is -0.481 e. The van der Waals surface area contributed by atoms with Crippen molar-refractivity contribution >= 4 is 17.0 Å². The molecule has 3 aromatic rings. The van der Waals surface area contributed by atoms with Gasteiger partial charge in [-0.15, -0.1) is 0 Å². The first-order valence-corrected chi connectivity index (χ1v) is 10.4. The molecular formula is C23H23F4N3O2. The number of halogens is 4. The lowest BCUT2D eigenvalue weighted by Gasteiger charge is -2.38. The molecule has 5 nitrogen and oxygen atoms in total. The molecule has 2 heterocycles. The van der Waals surface area contributed by atoms with Crippen LogP contribution in [0.1, 0.15) is 29.8 Å². The van der Waals surface area contributed by atoms with Crippen molar-refractivity contribution in [3.05, 3.63) is 65.2 Å². The number of hydrogen-bond donors (Lipinski definition) is 2. The van der Waals surface area contributed by atoms with Gasteiger partial charge in [0.25, 0.3) is 0 Å². The Bertz CT molecular complexity index is 1090. The Labute approximate surface area is 182 Å². The molecule has 32 heavy (non-hydrogen) atoms. The van der Waals surface area contributed by atoms with Crippen LogP contribution in [0.25, 0.3) is 11.0 Å². The van der Waals surface area contributed by atoms with Gasteiger partial charge in [-0.1, -0.05) is 12.1 Å². The molecule has 0 amide bonds. The number of aromatic nitrogens is 2. The zero-order chi connectivity index (χ0) is 22.9. The number of likely N-dealkylation sites (tertiary alicyclic amines) is 1. The highest BCUT2D eigenvalue weighted by molar-refractivity contribution is 5.74. The Balaban J connectivity index is 1.48. The number of carboxylic acids is 1. The number of alkyl halides is 3. The number of carbonyl (C=O) groups is 1. The number of piperidine rings is 1. The van der Waals surface area contributed by atoms with Crippen molar-refractivity contribution in [2.45, 2.75) is 32.0 Å². The first-order valence-electron chi connectivity index (χ1n) is 10.4. The fraction of sp³-hybridized carbons (Fsp3) is 0.391. The molecule has 2 N–H and O–H groups in total. The number of nitrogens with zero attached hydrogens (tertiary/aromatic N) is 2.